The van der Waals surface area contributed by atoms with E-state index in [2.05, 4.69) is 10.3 Å². The molecule has 0 bridgehead atoms. The van der Waals surface area contributed by atoms with Crippen molar-refractivity contribution in [2.75, 3.05) is 20.6 Å². The highest BCUT2D eigenvalue weighted by molar-refractivity contribution is 5.96. The molecule has 1 heterocycles. The second kappa shape index (κ2) is 5.11. The molecule has 0 spiro atoms. The number of hydrogen-bond acceptors (Lipinski definition) is 4. The molecule has 0 saturated carbocycles. The Morgan fingerprint density at radius 2 is 2.25 bits per heavy atom. The molecule has 0 saturated heterocycles. The summed E-state index contributed by atoms with van der Waals surface area (Å²) >= 11 is 0. The maximum atomic E-state index is 11.7. The zero-order valence-corrected chi connectivity index (χ0v) is 9.10. The Morgan fingerprint density at radius 3 is 2.81 bits per heavy atom. The van der Waals surface area contributed by atoms with Gasteiger partial charge in [0.15, 0.2) is 5.69 Å². The molecule has 0 aliphatic rings. The van der Waals surface area contributed by atoms with Gasteiger partial charge in [-0.2, -0.15) is 0 Å². The normalized spacial score (nSPS) is 9.62. The maximum absolute atomic E-state index is 11.7. The van der Waals surface area contributed by atoms with Gasteiger partial charge in [-0.3, -0.25) is 9.59 Å². The van der Waals surface area contributed by atoms with E-state index in [0.29, 0.717) is 0 Å². The van der Waals surface area contributed by atoms with Crippen LogP contribution in [-0.4, -0.2) is 47.4 Å². The van der Waals surface area contributed by atoms with E-state index in [1.54, 1.807) is 0 Å². The molecule has 16 heavy (non-hydrogen) atoms. The number of carbonyl (C=O) groups is 2. The maximum Gasteiger partial charge on any atom is 0.276 e. The molecule has 0 fully saturated rings. The van der Waals surface area contributed by atoms with Crippen LogP contribution in [0.4, 0.5) is 0 Å². The van der Waals surface area contributed by atoms with Gasteiger partial charge in [0.25, 0.3) is 5.91 Å². The lowest BCUT2D eigenvalue weighted by Crippen LogP contribution is -2.37. The Morgan fingerprint density at radius 1 is 1.56 bits per heavy atom. The summed E-state index contributed by atoms with van der Waals surface area (Å²) in [5, 5.41) is 11.8. The fourth-order valence-corrected chi connectivity index (χ4v) is 1.11. The van der Waals surface area contributed by atoms with Gasteiger partial charge < -0.3 is 15.3 Å². The van der Waals surface area contributed by atoms with Crippen LogP contribution >= 0.6 is 0 Å². The highest BCUT2D eigenvalue weighted by atomic mass is 16.3. The third-order valence-corrected chi connectivity index (χ3v) is 2.00. The van der Waals surface area contributed by atoms with Crippen molar-refractivity contribution in [2.45, 2.75) is 0 Å². The van der Waals surface area contributed by atoms with Gasteiger partial charge in [-0.05, 0) is 12.1 Å². The molecule has 0 unspecified atom stereocenters. The van der Waals surface area contributed by atoms with E-state index in [1.807, 2.05) is 0 Å². The Hall–Kier alpha value is -2.11. The first-order valence-electron chi connectivity index (χ1n) is 4.66. The van der Waals surface area contributed by atoms with Gasteiger partial charge in [0.05, 0.1) is 6.54 Å². The van der Waals surface area contributed by atoms with Crippen molar-refractivity contribution in [3.63, 3.8) is 0 Å². The second-order valence-corrected chi connectivity index (χ2v) is 3.21. The first kappa shape index (κ1) is 12.0. The van der Waals surface area contributed by atoms with Crippen LogP contribution in [0.25, 0.3) is 0 Å². The van der Waals surface area contributed by atoms with Crippen LogP contribution in [0.1, 0.15) is 10.5 Å². The first-order valence-corrected chi connectivity index (χ1v) is 4.66. The predicted octanol–water partition coefficient (Wildman–Crippen LogP) is -0.395. The van der Waals surface area contributed by atoms with Crippen LogP contribution < -0.4 is 5.32 Å². The molecule has 86 valence electrons. The number of amides is 2. The van der Waals surface area contributed by atoms with Crippen molar-refractivity contribution in [3.05, 3.63) is 24.0 Å². The predicted molar refractivity (Wildman–Crippen MR) is 56.9 cm³/mol. The van der Waals surface area contributed by atoms with Gasteiger partial charge in [-0.25, -0.2) is 4.98 Å². The number of carbonyl (C=O) groups excluding carboxylic acids is 2. The zero-order chi connectivity index (χ0) is 12.1. The molecule has 0 aromatic carbocycles. The number of nitrogens with zero attached hydrogens (tertiary/aromatic N) is 2. The van der Waals surface area contributed by atoms with Crippen molar-refractivity contribution in [2.24, 2.45) is 0 Å². The lowest BCUT2D eigenvalue weighted by atomic mass is 10.3. The van der Waals surface area contributed by atoms with Gasteiger partial charge in [0.1, 0.15) is 5.75 Å². The standard InChI is InChI=1S/C10H13N3O3/c1-11-8(15)6-13(2)10(16)9-7(14)4-3-5-12-9/h3-5,14H,6H2,1-2H3,(H,11,15). The first-order chi connectivity index (χ1) is 7.56. The molecule has 1 aromatic rings. The number of aromatic hydroxyl groups is 1. The molecule has 0 radical (unpaired) electrons. The molecule has 6 nitrogen and oxygen atoms in total. The average Bonchev–Trinajstić information content (AvgIpc) is 2.28. The Labute approximate surface area is 92.9 Å². The average molecular weight is 223 g/mol. The number of nitrogens with one attached hydrogen (secondary N) is 1. The molecule has 0 aliphatic heterocycles. The summed E-state index contributed by atoms with van der Waals surface area (Å²) in [4.78, 5) is 27.7. The molecular weight excluding hydrogens is 210 g/mol. The molecule has 1 rings (SSSR count). The van der Waals surface area contributed by atoms with E-state index >= 15 is 0 Å². The van der Waals surface area contributed by atoms with Crippen LogP contribution in [0.5, 0.6) is 5.75 Å². The monoisotopic (exact) mass is 223 g/mol. The number of likely N-dealkylation sites (N-methyl/N-ethyl adjacent to an activating group) is 2. The van der Waals surface area contributed by atoms with E-state index in [0.717, 1.165) is 0 Å². The number of aromatic nitrogens is 1. The molecule has 2 N–H and O–H groups in total. The molecule has 1 aromatic heterocycles. The van der Waals surface area contributed by atoms with E-state index < -0.39 is 5.91 Å². The van der Waals surface area contributed by atoms with Gasteiger partial charge in [0, 0.05) is 20.3 Å². The van der Waals surface area contributed by atoms with Crippen LogP contribution in [0.15, 0.2) is 18.3 Å². The lowest BCUT2D eigenvalue weighted by Gasteiger charge is -2.15. The smallest absolute Gasteiger partial charge is 0.276 e. The molecular formula is C10H13N3O3. The summed E-state index contributed by atoms with van der Waals surface area (Å²) in [5.74, 6) is -0.982. The largest absolute Gasteiger partial charge is 0.505 e. The SMILES string of the molecule is CNC(=O)CN(C)C(=O)c1ncccc1O. The van der Waals surface area contributed by atoms with E-state index in [1.165, 1.54) is 37.3 Å². The fourth-order valence-electron chi connectivity index (χ4n) is 1.11. The number of pyridine rings is 1. The van der Waals surface area contributed by atoms with Crippen molar-refractivity contribution in [1.29, 1.82) is 0 Å². The summed E-state index contributed by atoms with van der Waals surface area (Å²) < 4.78 is 0. The number of hydrogen-bond donors (Lipinski definition) is 2. The van der Waals surface area contributed by atoms with Gasteiger partial charge in [-0.1, -0.05) is 0 Å². The van der Waals surface area contributed by atoms with E-state index in [4.69, 9.17) is 0 Å². The van der Waals surface area contributed by atoms with Crippen LogP contribution in [-0.2, 0) is 4.79 Å². The fraction of sp³-hybridized carbons (Fsp3) is 0.300. The van der Waals surface area contributed by atoms with Crippen molar-refractivity contribution in [1.82, 2.24) is 15.2 Å². The van der Waals surface area contributed by atoms with E-state index in [9.17, 15) is 14.7 Å². The van der Waals surface area contributed by atoms with Crippen LogP contribution in [0.3, 0.4) is 0 Å². The third-order valence-electron chi connectivity index (χ3n) is 2.00. The molecule has 0 atom stereocenters. The minimum absolute atomic E-state index is 0.0612. The van der Waals surface area contributed by atoms with Gasteiger partial charge in [0.2, 0.25) is 5.91 Å². The summed E-state index contributed by atoms with van der Waals surface area (Å²) in [5.41, 5.74) is -0.0612. The van der Waals surface area contributed by atoms with Crippen molar-refractivity contribution in [3.8, 4) is 5.75 Å². The zero-order valence-electron chi connectivity index (χ0n) is 9.10. The minimum atomic E-state index is -0.498. The summed E-state index contributed by atoms with van der Waals surface area (Å²) in [6.07, 6.45) is 1.40. The van der Waals surface area contributed by atoms with Crippen LogP contribution in [0, 0.1) is 0 Å². The van der Waals surface area contributed by atoms with Gasteiger partial charge >= 0.3 is 0 Å². The molecule has 2 amide bonds. The highest BCUT2D eigenvalue weighted by Gasteiger charge is 2.18. The van der Waals surface area contributed by atoms with Crippen LogP contribution in [0.2, 0.25) is 0 Å². The molecule has 0 aliphatic carbocycles. The second-order valence-electron chi connectivity index (χ2n) is 3.21. The van der Waals surface area contributed by atoms with Crippen molar-refractivity contribution >= 4 is 11.8 Å². The van der Waals surface area contributed by atoms with E-state index in [-0.39, 0.29) is 23.9 Å². The summed E-state index contributed by atoms with van der Waals surface area (Å²) in [7, 11) is 2.95. The topological polar surface area (TPSA) is 82.5 Å². The third kappa shape index (κ3) is 2.69. The van der Waals surface area contributed by atoms with Crippen molar-refractivity contribution < 1.29 is 14.7 Å². The Bertz CT molecular complexity index is 406. The summed E-state index contributed by atoms with van der Waals surface area (Å²) in [6, 6.07) is 2.89. The Balaban J connectivity index is 2.79. The lowest BCUT2D eigenvalue weighted by molar-refractivity contribution is -0.121. The molecule has 6 heteroatoms. The highest BCUT2D eigenvalue weighted by Crippen LogP contribution is 2.13. The Kier molecular flexibility index (Phi) is 3.82. The quantitative estimate of drug-likeness (QED) is 0.730. The number of rotatable bonds is 3. The van der Waals surface area contributed by atoms with Gasteiger partial charge in [-0.15, -0.1) is 0 Å². The summed E-state index contributed by atoms with van der Waals surface area (Å²) in [6.45, 7) is -0.0780. The minimum Gasteiger partial charge on any atom is -0.505 e.